The number of rotatable bonds is 5. The van der Waals surface area contributed by atoms with Gasteiger partial charge in [0.1, 0.15) is 16.9 Å². The molecule has 150 valence electrons. The van der Waals surface area contributed by atoms with Crippen LogP contribution in [0, 0.1) is 11.7 Å². The maximum absolute atomic E-state index is 13.9. The standard InChI is InChI=1S/C19H22FN3O4S/c1-19(2,3)27-18(26)22-12(9-10-7-8-21-16(10)25)15(24)17-23-14-11(20)5-4-6-13(14)28-17/h4-6,10,12H,7-9H2,1-3H3,(H,21,25)(H,22,26)/t10-,12-/m0/s1. The monoisotopic (exact) mass is 407 g/mol. The van der Waals surface area contributed by atoms with Gasteiger partial charge in [0.05, 0.1) is 10.7 Å². The first-order valence-electron chi connectivity index (χ1n) is 9.00. The lowest BCUT2D eigenvalue weighted by Crippen LogP contribution is -2.45. The minimum Gasteiger partial charge on any atom is -0.444 e. The van der Waals surface area contributed by atoms with Crippen molar-refractivity contribution in [3.63, 3.8) is 0 Å². The predicted octanol–water partition coefficient (Wildman–Crippen LogP) is 3.04. The Morgan fingerprint density at radius 3 is 2.79 bits per heavy atom. The Labute approximate surface area is 165 Å². The molecule has 2 N–H and O–H groups in total. The van der Waals surface area contributed by atoms with Crippen LogP contribution in [0.2, 0.25) is 0 Å². The molecular formula is C19H22FN3O4S. The number of halogens is 1. The average molecular weight is 407 g/mol. The Kier molecular flexibility index (Phi) is 5.64. The average Bonchev–Trinajstić information content (AvgIpc) is 3.19. The summed E-state index contributed by atoms with van der Waals surface area (Å²) in [6, 6.07) is 3.50. The van der Waals surface area contributed by atoms with E-state index in [9.17, 15) is 18.8 Å². The zero-order valence-electron chi connectivity index (χ0n) is 15.9. The maximum atomic E-state index is 13.9. The van der Waals surface area contributed by atoms with Gasteiger partial charge in [-0.3, -0.25) is 9.59 Å². The van der Waals surface area contributed by atoms with Gasteiger partial charge in [0.25, 0.3) is 0 Å². The zero-order chi connectivity index (χ0) is 20.5. The topological polar surface area (TPSA) is 97.4 Å². The third kappa shape index (κ3) is 4.64. The van der Waals surface area contributed by atoms with Crippen LogP contribution < -0.4 is 10.6 Å². The molecule has 0 saturated carbocycles. The van der Waals surface area contributed by atoms with E-state index in [2.05, 4.69) is 15.6 Å². The van der Waals surface area contributed by atoms with Crippen molar-refractivity contribution in [1.29, 1.82) is 0 Å². The molecular weight excluding hydrogens is 385 g/mol. The smallest absolute Gasteiger partial charge is 0.408 e. The normalized spacial score (nSPS) is 18.0. The van der Waals surface area contributed by atoms with Crippen LogP contribution in [0.15, 0.2) is 18.2 Å². The second-order valence-corrected chi connectivity index (χ2v) is 8.71. The molecule has 1 fully saturated rings. The number of benzene rings is 1. The number of carbonyl (C=O) groups is 3. The highest BCUT2D eigenvalue weighted by Gasteiger charge is 2.34. The molecule has 3 rings (SSSR count). The van der Waals surface area contributed by atoms with Gasteiger partial charge < -0.3 is 15.4 Å². The predicted molar refractivity (Wildman–Crippen MR) is 103 cm³/mol. The summed E-state index contributed by atoms with van der Waals surface area (Å²) in [7, 11) is 0. The van der Waals surface area contributed by atoms with Crippen LogP contribution in [0.1, 0.15) is 43.4 Å². The Balaban J connectivity index is 1.85. The number of nitrogens with one attached hydrogen (secondary N) is 2. The summed E-state index contributed by atoms with van der Waals surface area (Å²) in [5.74, 6) is -1.53. The quantitative estimate of drug-likeness (QED) is 0.743. The van der Waals surface area contributed by atoms with Gasteiger partial charge >= 0.3 is 6.09 Å². The Hall–Kier alpha value is -2.55. The molecule has 1 aromatic carbocycles. The summed E-state index contributed by atoms with van der Waals surface area (Å²) in [5.41, 5.74) is -0.619. The van der Waals surface area contributed by atoms with Crippen molar-refractivity contribution < 1.29 is 23.5 Å². The minimum absolute atomic E-state index is 0.0829. The van der Waals surface area contributed by atoms with Crippen molar-refractivity contribution in [1.82, 2.24) is 15.6 Å². The van der Waals surface area contributed by atoms with E-state index in [1.54, 1.807) is 32.9 Å². The fourth-order valence-electron chi connectivity index (χ4n) is 3.01. The van der Waals surface area contributed by atoms with Gasteiger partial charge in [0.15, 0.2) is 5.01 Å². The minimum atomic E-state index is -0.993. The van der Waals surface area contributed by atoms with Gasteiger partial charge in [-0.15, -0.1) is 11.3 Å². The molecule has 28 heavy (non-hydrogen) atoms. The SMILES string of the molecule is CC(C)(C)OC(=O)N[C@@H](C[C@@H]1CCNC1=O)C(=O)c1nc2c(F)cccc2s1. The lowest BCUT2D eigenvalue weighted by Gasteiger charge is -2.23. The number of fused-ring (bicyclic) bond motifs is 1. The molecule has 2 amide bonds. The first-order chi connectivity index (χ1) is 13.1. The van der Waals surface area contributed by atoms with Crippen LogP contribution in [0.3, 0.4) is 0 Å². The van der Waals surface area contributed by atoms with Crippen molar-refractivity contribution in [2.24, 2.45) is 5.92 Å². The molecule has 2 atom stereocenters. The lowest BCUT2D eigenvalue weighted by molar-refractivity contribution is -0.122. The van der Waals surface area contributed by atoms with E-state index in [1.165, 1.54) is 6.07 Å². The largest absolute Gasteiger partial charge is 0.444 e. The highest BCUT2D eigenvalue weighted by atomic mass is 32.1. The second-order valence-electron chi connectivity index (χ2n) is 7.68. The number of ether oxygens (including phenoxy) is 1. The van der Waals surface area contributed by atoms with Crippen molar-refractivity contribution in [2.45, 2.75) is 45.3 Å². The van der Waals surface area contributed by atoms with Crippen molar-refractivity contribution in [3.05, 3.63) is 29.0 Å². The summed E-state index contributed by atoms with van der Waals surface area (Å²) in [5, 5.41) is 5.36. The molecule has 2 heterocycles. The summed E-state index contributed by atoms with van der Waals surface area (Å²) in [6.45, 7) is 5.67. The lowest BCUT2D eigenvalue weighted by atomic mass is 9.96. The second kappa shape index (κ2) is 7.83. The van der Waals surface area contributed by atoms with E-state index in [0.29, 0.717) is 17.7 Å². The number of aromatic nitrogens is 1. The molecule has 0 aliphatic carbocycles. The van der Waals surface area contributed by atoms with Gasteiger partial charge in [0.2, 0.25) is 11.7 Å². The molecule has 9 heteroatoms. The fourth-order valence-corrected chi connectivity index (χ4v) is 3.98. The van der Waals surface area contributed by atoms with Crippen LogP contribution in [0.5, 0.6) is 0 Å². The Morgan fingerprint density at radius 1 is 1.43 bits per heavy atom. The van der Waals surface area contributed by atoms with Crippen LogP contribution in [0.4, 0.5) is 9.18 Å². The Bertz CT molecular complexity index is 922. The highest BCUT2D eigenvalue weighted by Crippen LogP contribution is 2.27. The van der Waals surface area contributed by atoms with E-state index >= 15 is 0 Å². The van der Waals surface area contributed by atoms with Gasteiger partial charge in [-0.1, -0.05) is 6.07 Å². The Morgan fingerprint density at radius 2 is 2.18 bits per heavy atom. The summed E-state index contributed by atoms with van der Waals surface area (Å²) < 4.78 is 19.7. The first kappa shape index (κ1) is 20.2. The third-order valence-electron chi connectivity index (χ3n) is 4.27. The van der Waals surface area contributed by atoms with E-state index in [0.717, 1.165) is 11.3 Å². The number of alkyl carbamates (subject to hydrolysis) is 1. The first-order valence-corrected chi connectivity index (χ1v) is 9.82. The van der Waals surface area contributed by atoms with Gasteiger partial charge in [-0.05, 0) is 45.7 Å². The van der Waals surface area contributed by atoms with Crippen LogP contribution >= 0.6 is 11.3 Å². The summed E-state index contributed by atoms with van der Waals surface area (Å²) in [4.78, 5) is 41.3. The molecule has 1 aliphatic rings. The fraction of sp³-hybridized carbons (Fsp3) is 0.474. The molecule has 7 nitrogen and oxygen atoms in total. The molecule has 0 radical (unpaired) electrons. The van der Waals surface area contributed by atoms with Crippen molar-refractivity contribution in [2.75, 3.05) is 6.54 Å². The number of Topliss-reactive ketones (excluding diaryl/α,β-unsaturated/α-hetero) is 1. The van der Waals surface area contributed by atoms with Crippen molar-refractivity contribution >= 4 is 39.3 Å². The van der Waals surface area contributed by atoms with Gasteiger partial charge in [-0.25, -0.2) is 14.2 Å². The molecule has 1 aromatic heterocycles. The molecule has 2 aromatic rings. The number of carbonyl (C=O) groups excluding carboxylic acids is 3. The number of hydrogen-bond acceptors (Lipinski definition) is 6. The molecule has 1 aliphatic heterocycles. The van der Waals surface area contributed by atoms with E-state index in [4.69, 9.17) is 4.74 Å². The third-order valence-corrected chi connectivity index (χ3v) is 5.31. The number of hydrogen-bond donors (Lipinski definition) is 2. The van der Waals surface area contributed by atoms with E-state index in [1.807, 2.05) is 0 Å². The number of para-hydroxylation sites is 1. The van der Waals surface area contributed by atoms with Crippen LogP contribution in [-0.4, -0.2) is 41.0 Å². The maximum Gasteiger partial charge on any atom is 0.408 e. The summed E-state index contributed by atoms with van der Waals surface area (Å²) >= 11 is 1.05. The summed E-state index contributed by atoms with van der Waals surface area (Å²) in [6.07, 6.45) is -0.0494. The number of ketones is 1. The van der Waals surface area contributed by atoms with Crippen LogP contribution in [-0.2, 0) is 9.53 Å². The molecule has 0 unspecified atom stereocenters. The van der Waals surface area contributed by atoms with Crippen molar-refractivity contribution in [3.8, 4) is 0 Å². The number of amides is 2. The molecule has 1 saturated heterocycles. The van der Waals surface area contributed by atoms with Gasteiger partial charge in [0, 0.05) is 12.5 Å². The molecule has 0 bridgehead atoms. The number of nitrogens with zero attached hydrogens (tertiary/aromatic N) is 1. The number of thiazole rings is 1. The van der Waals surface area contributed by atoms with E-state index < -0.39 is 35.3 Å². The highest BCUT2D eigenvalue weighted by molar-refractivity contribution is 7.20. The van der Waals surface area contributed by atoms with Gasteiger partial charge in [-0.2, -0.15) is 0 Å². The molecule has 0 spiro atoms. The van der Waals surface area contributed by atoms with E-state index in [-0.39, 0.29) is 22.9 Å². The zero-order valence-corrected chi connectivity index (χ0v) is 16.7. The van der Waals surface area contributed by atoms with Crippen LogP contribution in [0.25, 0.3) is 10.2 Å².